The average Bonchev–Trinajstić information content (AvgIpc) is 2.89. The molecule has 0 saturated carbocycles. The van der Waals surface area contributed by atoms with Gasteiger partial charge in [-0.25, -0.2) is 0 Å². The minimum absolute atomic E-state index is 0.0126. The van der Waals surface area contributed by atoms with Crippen LogP contribution < -0.4 is 0 Å². The zero-order chi connectivity index (χ0) is 14.6. The number of carbonyl (C=O) groups is 1. The van der Waals surface area contributed by atoms with Gasteiger partial charge >= 0.3 is 0 Å². The Labute approximate surface area is 120 Å². The Morgan fingerprint density at radius 1 is 1.45 bits per heavy atom. The number of aromatic nitrogens is 2. The van der Waals surface area contributed by atoms with Crippen molar-refractivity contribution in [2.24, 2.45) is 0 Å². The van der Waals surface area contributed by atoms with Crippen molar-refractivity contribution in [2.45, 2.75) is 31.4 Å². The maximum atomic E-state index is 11.8. The third-order valence-corrected chi connectivity index (χ3v) is 3.82. The second kappa shape index (κ2) is 6.37. The fraction of sp³-hybridized carbons (Fsp3) is 0.714. The number of amides is 1. The van der Waals surface area contributed by atoms with E-state index >= 15 is 0 Å². The van der Waals surface area contributed by atoms with Gasteiger partial charge in [-0.2, -0.15) is 5.10 Å². The normalized spacial score (nSPS) is 23.8. The Bertz CT molecular complexity index is 432. The number of likely N-dealkylation sites (tertiary alicyclic amines) is 1. The zero-order valence-electron chi connectivity index (χ0n) is 12.3. The molecule has 1 N–H and O–H groups in total. The molecule has 1 aliphatic heterocycles. The summed E-state index contributed by atoms with van der Waals surface area (Å²) in [6, 6.07) is 1.91. The molecule has 0 spiro atoms. The number of hydrogen-bond donors (Lipinski definition) is 1. The number of carbonyl (C=O) groups excluding carboxylic acids is 1. The summed E-state index contributed by atoms with van der Waals surface area (Å²) in [5, 5.41) is 14.8. The van der Waals surface area contributed by atoms with Gasteiger partial charge in [0.2, 0.25) is 5.91 Å². The molecule has 1 aliphatic rings. The van der Waals surface area contributed by atoms with Crippen molar-refractivity contribution in [1.82, 2.24) is 19.6 Å². The van der Waals surface area contributed by atoms with Crippen molar-refractivity contribution in [1.29, 1.82) is 0 Å². The molecule has 0 aromatic carbocycles. The predicted octanol–water partition coefficient (Wildman–Crippen LogP) is 0.188. The lowest BCUT2D eigenvalue weighted by Gasteiger charge is -2.39. The van der Waals surface area contributed by atoms with Gasteiger partial charge in [-0.1, -0.05) is 0 Å². The van der Waals surface area contributed by atoms with Crippen molar-refractivity contribution in [3.63, 3.8) is 0 Å². The summed E-state index contributed by atoms with van der Waals surface area (Å²) in [4.78, 5) is 15.6. The van der Waals surface area contributed by atoms with Crippen LogP contribution in [-0.4, -0.2) is 69.9 Å². The van der Waals surface area contributed by atoms with Gasteiger partial charge in [-0.3, -0.25) is 14.4 Å². The highest BCUT2D eigenvalue weighted by atomic mass is 16.3. The zero-order valence-corrected chi connectivity index (χ0v) is 12.3. The van der Waals surface area contributed by atoms with Gasteiger partial charge in [-0.15, -0.1) is 0 Å². The van der Waals surface area contributed by atoms with E-state index in [4.69, 9.17) is 0 Å². The van der Waals surface area contributed by atoms with E-state index in [1.807, 2.05) is 16.9 Å². The van der Waals surface area contributed by atoms with Gasteiger partial charge in [0.05, 0.1) is 18.6 Å². The first kappa shape index (κ1) is 15.0. The van der Waals surface area contributed by atoms with Crippen molar-refractivity contribution >= 4 is 5.91 Å². The standard InChI is InChI=1S/C14H24N4O2/c1-16(2)13(19)11-14(20)5-3-7-17(12-14)9-10-18-8-4-6-15-18/h4,6,8,20H,3,5,7,9-12H2,1-2H3. The molecule has 6 nitrogen and oxygen atoms in total. The van der Waals surface area contributed by atoms with Gasteiger partial charge in [0.25, 0.3) is 0 Å². The van der Waals surface area contributed by atoms with Gasteiger partial charge in [0.15, 0.2) is 0 Å². The predicted molar refractivity (Wildman–Crippen MR) is 76.2 cm³/mol. The van der Waals surface area contributed by atoms with Crippen LogP contribution in [-0.2, 0) is 11.3 Å². The van der Waals surface area contributed by atoms with E-state index in [0.29, 0.717) is 13.0 Å². The maximum Gasteiger partial charge on any atom is 0.224 e. The van der Waals surface area contributed by atoms with E-state index in [1.54, 1.807) is 25.2 Å². The van der Waals surface area contributed by atoms with E-state index in [-0.39, 0.29) is 12.3 Å². The van der Waals surface area contributed by atoms with Crippen LogP contribution in [0.4, 0.5) is 0 Å². The molecule has 1 aromatic rings. The van der Waals surface area contributed by atoms with Crippen LogP contribution in [0.5, 0.6) is 0 Å². The summed E-state index contributed by atoms with van der Waals surface area (Å²) in [6.07, 6.45) is 5.54. The highest BCUT2D eigenvalue weighted by Crippen LogP contribution is 2.25. The van der Waals surface area contributed by atoms with Crippen LogP contribution in [0, 0.1) is 0 Å². The third kappa shape index (κ3) is 4.05. The lowest BCUT2D eigenvalue weighted by atomic mass is 9.89. The van der Waals surface area contributed by atoms with E-state index < -0.39 is 5.60 Å². The molecule has 1 saturated heterocycles. The Morgan fingerprint density at radius 2 is 2.25 bits per heavy atom. The summed E-state index contributed by atoms with van der Waals surface area (Å²) >= 11 is 0. The molecule has 1 atom stereocenters. The molecular weight excluding hydrogens is 256 g/mol. The number of hydrogen-bond acceptors (Lipinski definition) is 4. The van der Waals surface area contributed by atoms with E-state index in [9.17, 15) is 9.90 Å². The van der Waals surface area contributed by atoms with Crippen molar-refractivity contribution in [3.05, 3.63) is 18.5 Å². The molecule has 20 heavy (non-hydrogen) atoms. The molecule has 2 rings (SSSR count). The monoisotopic (exact) mass is 280 g/mol. The Kier molecular flexibility index (Phi) is 4.77. The van der Waals surface area contributed by atoms with Crippen LogP contribution in [0.2, 0.25) is 0 Å². The molecule has 112 valence electrons. The molecule has 2 heterocycles. The fourth-order valence-corrected chi connectivity index (χ4v) is 2.66. The summed E-state index contributed by atoms with van der Waals surface area (Å²) in [5.74, 6) is -0.0126. The average molecular weight is 280 g/mol. The lowest BCUT2D eigenvalue weighted by molar-refractivity contribution is -0.136. The first-order valence-corrected chi connectivity index (χ1v) is 7.11. The summed E-state index contributed by atoms with van der Waals surface area (Å²) in [5.41, 5.74) is -0.885. The number of aliphatic hydroxyl groups is 1. The fourth-order valence-electron chi connectivity index (χ4n) is 2.66. The van der Waals surface area contributed by atoms with Crippen LogP contribution in [0.15, 0.2) is 18.5 Å². The Balaban J connectivity index is 1.85. The minimum Gasteiger partial charge on any atom is -0.388 e. The lowest BCUT2D eigenvalue weighted by Crippen LogP contribution is -2.51. The highest BCUT2D eigenvalue weighted by Gasteiger charge is 2.35. The van der Waals surface area contributed by atoms with Crippen molar-refractivity contribution < 1.29 is 9.90 Å². The molecular formula is C14H24N4O2. The van der Waals surface area contributed by atoms with Gasteiger partial charge < -0.3 is 10.0 Å². The van der Waals surface area contributed by atoms with E-state index in [1.165, 1.54) is 0 Å². The van der Waals surface area contributed by atoms with Crippen LogP contribution in [0.3, 0.4) is 0 Å². The van der Waals surface area contributed by atoms with Gasteiger partial charge in [0.1, 0.15) is 0 Å². The Morgan fingerprint density at radius 3 is 2.90 bits per heavy atom. The summed E-state index contributed by atoms with van der Waals surface area (Å²) < 4.78 is 1.89. The summed E-state index contributed by atoms with van der Waals surface area (Å²) in [6.45, 7) is 3.19. The van der Waals surface area contributed by atoms with Crippen LogP contribution >= 0.6 is 0 Å². The number of β-amino-alcohol motifs (C(OH)–C–C–N with tert-alkyl or cyclic N) is 1. The minimum atomic E-state index is -0.885. The number of nitrogens with zero attached hydrogens (tertiary/aromatic N) is 4. The van der Waals surface area contributed by atoms with Crippen molar-refractivity contribution in [2.75, 3.05) is 33.7 Å². The van der Waals surface area contributed by atoms with Gasteiger partial charge in [0, 0.05) is 39.6 Å². The molecule has 0 aliphatic carbocycles. The maximum absolute atomic E-state index is 11.8. The molecule has 0 radical (unpaired) electrons. The quantitative estimate of drug-likeness (QED) is 0.836. The number of piperidine rings is 1. The molecule has 1 aromatic heterocycles. The highest BCUT2D eigenvalue weighted by molar-refractivity contribution is 5.76. The molecule has 0 bridgehead atoms. The van der Waals surface area contributed by atoms with E-state index in [2.05, 4.69) is 10.00 Å². The van der Waals surface area contributed by atoms with E-state index in [0.717, 1.165) is 26.1 Å². The second-order valence-electron chi connectivity index (χ2n) is 5.84. The molecule has 1 fully saturated rings. The molecule has 1 unspecified atom stereocenters. The number of rotatable bonds is 5. The smallest absolute Gasteiger partial charge is 0.224 e. The third-order valence-electron chi connectivity index (χ3n) is 3.82. The van der Waals surface area contributed by atoms with Crippen LogP contribution in [0.25, 0.3) is 0 Å². The first-order valence-electron chi connectivity index (χ1n) is 7.11. The van der Waals surface area contributed by atoms with Gasteiger partial charge in [-0.05, 0) is 25.5 Å². The summed E-state index contributed by atoms with van der Waals surface area (Å²) in [7, 11) is 3.45. The van der Waals surface area contributed by atoms with Crippen LogP contribution in [0.1, 0.15) is 19.3 Å². The SMILES string of the molecule is CN(C)C(=O)CC1(O)CCCN(CCn2cccn2)C1. The first-order chi connectivity index (χ1) is 9.48. The topological polar surface area (TPSA) is 61.6 Å². The molecule has 1 amide bonds. The second-order valence-corrected chi connectivity index (χ2v) is 5.84. The largest absolute Gasteiger partial charge is 0.388 e. The molecule has 6 heteroatoms. The Hall–Kier alpha value is -1.40. The van der Waals surface area contributed by atoms with Crippen molar-refractivity contribution in [3.8, 4) is 0 Å².